The van der Waals surface area contributed by atoms with Crippen molar-refractivity contribution < 1.29 is 125 Å². The Hall–Kier alpha value is -14.0. The first-order valence-corrected chi connectivity index (χ1v) is 44.8. The largest absolute Gasteiger partial charge is 0.508 e. The number of aliphatic hydroxyl groups is 2. The van der Waals surface area contributed by atoms with E-state index in [0.29, 0.717) is 57.9 Å². The summed E-state index contributed by atoms with van der Waals surface area (Å²) in [6.07, 6.45) is -8.53. The number of carbonyl (C=O) groups is 18. The van der Waals surface area contributed by atoms with Crippen LogP contribution in [-0.4, -0.2) is 305 Å². The van der Waals surface area contributed by atoms with Crippen molar-refractivity contribution in [2.75, 3.05) is 52.3 Å². The number of thioether (sulfide) groups is 1. The molecule has 135 heavy (non-hydrogen) atoms. The van der Waals surface area contributed by atoms with Crippen molar-refractivity contribution in [3.8, 4) is 5.75 Å². The topological polar surface area (TPSA) is 601 Å². The van der Waals surface area contributed by atoms with E-state index in [1.165, 1.54) is 51.4 Å². The Morgan fingerprint density at radius 2 is 0.985 bits per heavy atom. The number of primary amides is 2. The minimum Gasteiger partial charge on any atom is -0.508 e. The molecule has 19 N–H and O–H groups in total. The van der Waals surface area contributed by atoms with E-state index in [1.807, 2.05) is 0 Å². The van der Waals surface area contributed by atoms with Gasteiger partial charge < -0.3 is 114 Å². The summed E-state index contributed by atoms with van der Waals surface area (Å²) >= 11 is 0.567. The number of benzene rings is 5. The predicted molar refractivity (Wildman–Crippen MR) is 478 cm³/mol. The van der Waals surface area contributed by atoms with Gasteiger partial charge in [-0.2, -0.15) is 0 Å². The number of carboxylic acid groups (broad SMARTS) is 2. The molecule has 3 aliphatic heterocycles. The number of nitrogens with zero attached hydrogens (tertiary/aromatic N) is 5. The number of phenols is 1. The molecule has 6 aromatic rings. The average molecular weight is 1900 g/mol. The second-order valence-corrected chi connectivity index (χ2v) is 34.9. The molecule has 5 aromatic carbocycles. The molecule has 0 unspecified atom stereocenters. The highest BCUT2D eigenvalue weighted by Crippen LogP contribution is 2.29. The minimum absolute atomic E-state index is 0.169. The van der Waals surface area contributed by atoms with E-state index in [0.717, 1.165) is 38.6 Å². The number of phenolic OH excluding ortho intramolecular Hbond substituents is 1. The first kappa shape index (κ1) is 105. The highest BCUT2D eigenvalue weighted by Gasteiger charge is 2.49. The van der Waals surface area contributed by atoms with Crippen LogP contribution >= 0.6 is 11.8 Å². The lowest BCUT2D eigenvalue weighted by Gasteiger charge is -2.38. The first-order valence-electron chi connectivity index (χ1n) is 43.6. The van der Waals surface area contributed by atoms with Crippen molar-refractivity contribution in [3.05, 3.63) is 173 Å². The maximum absolute atomic E-state index is 15.7. The molecule has 44 heteroatoms. The lowest BCUT2D eigenvalue weighted by Crippen LogP contribution is -2.62. The number of unbranched alkanes of at least 4 members (excludes halogenated alkanes) is 1. The van der Waals surface area contributed by atoms with E-state index in [1.54, 1.807) is 91.9 Å². The van der Waals surface area contributed by atoms with Gasteiger partial charge in [0.25, 0.3) is 0 Å². The highest BCUT2D eigenvalue weighted by molar-refractivity contribution is 8.00. The number of hydrogen-bond donors (Lipinski definition) is 17. The Bertz CT molecular complexity index is 5330. The van der Waals surface area contributed by atoms with Gasteiger partial charge in [0, 0.05) is 108 Å². The number of H-pyrrole nitrogens is 1. The molecule has 40 nitrogen and oxygen atoms in total. The van der Waals surface area contributed by atoms with Crippen LogP contribution in [0.25, 0.3) is 10.9 Å². The standard InChI is InChI=1S/C91H112F3N17O23S/c1-7-8-23-67-90(133)111-44-55(114)38-70(111)86(129)103-63(39-75(118)119)83(126)106-78(47(2)3)91(134)108(5)68(34-48-17-11-9-12-18-48)84(127)104-65(40-76(120)121)88(131)110-43-54(113)37-69(110)85(128)102-62(36-52-41-97-59-22-16-15-21-56(52)59)82(125)101-61(32-50-24-26-53(112)27-25-50)81(124)100-60(28-29-72(95)115)80(123)105-66(79(122)98-42-73(96)116)45-135-46-74(117)99-64(33-51-30-57(92)77(94)58(93)31-51)87(130)109(6)71(89(132)107(67)4)35-49-19-13-10-14-20-49/h9-22,24-27,30-31,41,47,54-55,60-71,78,97,112-114H,7-8,23,28-29,32-40,42-46H2,1-6H3,(H2,95,115)(H2,96,116)(H,98,122)(H,99,117)(H,100,124)(H,101,125)(H,102,128)(H,103,129)(H,104,127)(H,105,123)(H,106,126)(H,118,119)(H,120,121)/t54-,55-,60+,61+,62+,63+,64+,65+,66+,67+,68+,69+,70-,71+,78+/m1/s1. The number of fused-ring (bicyclic) bond motifs is 3. The Balaban J connectivity index is 1.15. The Morgan fingerprint density at radius 3 is 1.56 bits per heavy atom. The molecule has 3 saturated heterocycles. The summed E-state index contributed by atoms with van der Waals surface area (Å²) in [5.41, 5.74) is 12.5. The van der Waals surface area contributed by atoms with Gasteiger partial charge in [0.15, 0.2) is 17.5 Å². The monoisotopic (exact) mass is 1900 g/mol. The number of aromatic nitrogens is 1. The normalized spacial score (nSPS) is 24.4. The summed E-state index contributed by atoms with van der Waals surface area (Å²) in [4.78, 5) is 270. The molecule has 3 aliphatic rings. The highest BCUT2D eigenvalue weighted by atomic mass is 32.2. The number of likely N-dealkylation sites (N-methyl/N-ethyl adjacent to an activating group) is 3. The van der Waals surface area contributed by atoms with E-state index in [2.05, 4.69) is 52.8 Å². The van der Waals surface area contributed by atoms with Gasteiger partial charge in [0.05, 0.1) is 37.3 Å². The molecule has 9 rings (SSSR count). The second-order valence-electron chi connectivity index (χ2n) is 33.8. The molecule has 0 spiro atoms. The fourth-order valence-corrected chi connectivity index (χ4v) is 17.0. The molecule has 0 saturated carbocycles. The van der Waals surface area contributed by atoms with Crippen LogP contribution in [-0.2, 0) is 118 Å². The number of hydrogen-bond acceptors (Lipinski definition) is 22. The Labute approximate surface area is 777 Å². The molecule has 1 aromatic heterocycles. The third-order valence-corrected chi connectivity index (χ3v) is 24.5. The van der Waals surface area contributed by atoms with E-state index >= 15 is 51.9 Å². The number of aliphatic hydroxyl groups excluding tert-OH is 2. The smallest absolute Gasteiger partial charge is 0.305 e. The van der Waals surface area contributed by atoms with Crippen LogP contribution in [0.2, 0.25) is 0 Å². The van der Waals surface area contributed by atoms with Crippen LogP contribution in [0.5, 0.6) is 5.75 Å². The molecule has 726 valence electrons. The van der Waals surface area contributed by atoms with Crippen molar-refractivity contribution in [2.24, 2.45) is 17.4 Å². The molecular weight excluding hydrogens is 1790 g/mol. The SMILES string of the molecule is CCCC[C@H]1C(=O)N2C[C@H](O)C[C@@H]2C(=O)N[C@@H](CC(=O)O)C(=O)N[C@@H](C(C)C)C(=O)N(C)[C@@H](Cc2ccccc2)C(=O)N[C@@H](CC(=O)O)C(=O)N2C[C@H](O)C[C@H]2C(=O)N[C@@H](Cc2c[nH]c3ccccc23)C(=O)N[C@@H](Cc2ccc(O)cc2)C(=O)N[C@@H](CCC(N)=O)C(=O)N[C@H](C(=O)NCC(N)=O)CSCC(=O)N[C@@H](Cc2cc(F)c(F)c(F)c2)C(=O)N(C)[C@@H](Cc2ccccc2)C(=O)N1C. The van der Waals surface area contributed by atoms with Crippen LogP contribution < -0.4 is 59.3 Å². The number of carboxylic acids is 2. The summed E-state index contributed by atoms with van der Waals surface area (Å²) in [5.74, 6) is -29.7. The number of halogens is 3. The third-order valence-electron chi connectivity index (χ3n) is 23.4. The Kier molecular flexibility index (Phi) is 37.7. The van der Waals surface area contributed by atoms with Crippen molar-refractivity contribution >= 4 is 129 Å². The predicted octanol–water partition coefficient (Wildman–Crippen LogP) is -1.50. The number of aliphatic carboxylic acids is 2. The zero-order valence-corrected chi connectivity index (χ0v) is 75.6. The van der Waals surface area contributed by atoms with Crippen LogP contribution in [0, 0.1) is 23.4 Å². The number of nitrogens with one attached hydrogen (secondary N) is 10. The molecular formula is C91H112F3N17O23S. The molecule has 16 amide bonds. The van der Waals surface area contributed by atoms with Crippen LogP contribution in [0.4, 0.5) is 13.2 Å². The van der Waals surface area contributed by atoms with Gasteiger partial charge in [0.2, 0.25) is 94.5 Å². The van der Waals surface area contributed by atoms with Gasteiger partial charge in [-0.25, -0.2) is 13.2 Å². The number of para-hydroxylation sites is 1. The van der Waals surface area contributed by atoms with Gasteiger partial charge >= 0.3 is 11.9 Å². The fourth-order valence-electron chi connectivity index (χ4n) is 16.2. The van der Waals surface area contributed by atoms with Crippen LogP contribution in [0.1, 0.15) is 106 Å². The van der Waals surface area contributed by atoms with Crippen LogP contribution in [0.15, 0.2) is 128 Å². The zero-order valence-electron chi connectivity index (χ0n) is 74.8. The number of rotatable bonds is 24. The Morgan fingerprint density at radius 1 is 0.496 bits per heavy atom. The summed E-state index contributed by atoms with van der Waals surface area (Å²) in [6, 6.07) is 4.94. The number of aromatic amines is 1. The number of nitrogens with two attached hydrogens (primary N) is 2. The van der Waals surface area contributed by atoms with Gasteiger partial charge in [-0.05, 0) is 76.9 Å². The molecule has 0 radical (unpaired) electrons. The average Bonchev–Trinajstić information content (AvgIpc) is 1.69. The fraction of sp³-hybridized carbons (Fsp3) is 0.451. The minimum atomic E-state index is -2.14. The summed E-state index contributed by atoms with van der Waals surface area (Å²) in [5, 5.41) is 76.6. The van der Waals surface area contributed by atoms with Gasteiger partial charge in [-0.1, -0.05) is 125 Å². The number of carbonyl (C=O) groups excluding carboxylic acids is 16. The molecule has 15 atom stereocenters. The maximum Gasteiger partial charge on any atom is 0.305 e. The van der Waals surface area contributed by atoms with Crippen molar-refractivity contribution in [3.63, 3.8) is 0 Å². The lowest BCUT2D eigenvalue weighted by atomic mass is 9.98. The third kappa shape index (κ3) is 29.0. The van der Waals surface area contributed by atoms with E-state index in [-0.39, 0.29) is 30.6 Å². The molecule has 0 bridgehead atoms. The van der Waals surface area contributed by atoms with Crippen LogP contribution in [0.3, 0.4) is 0 Å². The van der Waals surface area contributed by atoms with Gasteiger partial charge in [0.1, 0.15) is 84.3 Å². The van der Waals surface area contributed by atoms with E-state index in [4.69, 9.17) is 11.5 Å². The van der Waals surface area contributed by atoms with E-state index in [9.17, 15) is 73.1 Å². The maximum atomic E-state index is 15.7. The zero-order chi connectivity index (χ0) is 98.9. The van der Waals surface area contributed by atoms with Gasteiger partial charge in [-0.3, -0.25) is 86.3 Å². The second kappa shape index (κ2) is 48.6. The quantitative estimate of drug-likeness (QED) is 0.0307. The van der Waals surface area contributed by atoms with Crippen molar-refractivity contribution in [1.29, 1.82) is 0 Å². The molecule has 3 fully saturated rings. The molecule has 4 heterocycles. The van der Waals surface area contributed by atoms with Crippen molar-refractivity contribution in [2.45, 2.75) is 201 Å². The summed E-state index contributed by atoms with van der Waals surface area (Å²) in [7, 11) is 3.45. The number of amides is 16. The van der Waals surface area contributed by atoms with Crippen molar-refractivity contribution in [1.82, 2.24) is 77.3 Å². The molecule has 0 aliphatic carbocycles. The first-order chi connectivity index (χ1) is 64.0. The number of aromatic hydroxyl groups is 1. The van der Waals surface area contributed by atoms with Gasteiger partial charge in [-0.15, -0.1) is 11.8 Å². The van der Waals surface area contributed by atoms with E-state index < -0.39 is 321 Å². The summed E-state index contributed by atoms with van der Waals surface area (Å²) in [6.45, 7) is 2.50. The lowest BCUT2D eigenvalue weighted by molar-refractivity contribution is -0.152. The summed E-state index contributed by atoms with van der Waals surface area (Å²) < 4.78 is 45.1.